The number of aryl methyl sites for hydroxylation is 2. The normalized spacial score (nSPS) is 28.0. The monoisotopic (exact) mass is 296 g/mol. The minimum Gasteiger partial charge on any atom is -0.311 e. The van der Waals surface area contributed by atoms with Gasteiger partial charge in [-0.15, -0.1) is 0 Å². The lowest BCUT2D eigenvalue weighted by Crippen LogP contribution is -2.56. The van der Waals surface area contributed by atoms with Crippen LogP contribution < -0.4 is 5.32 Å². The van der Waals surface area contributed by atoms with E-state index in [1.807, 2.05) is 7.05 Å². The van der Waals surface area contributed by atoms with Crippen LogP contribution in [-0.2, 0) is 13.6 Å². The standard InChI is InChI=1S/C15H25ClN4/c1-4-12-8-20(14(7-17-12)11-5-6-11)9-13-10(2)18-19(3)15(13)16/h11-12,14,17H,4-9H2,1-3H3. The van der Waals surface area contributed by atoms with E-state index in [0.29, 0.717) is 12.1 Å². The van der Waals surface area contributed by atoms with Crippen molar-refractivity contribution >= 4 is 11.6 Å². The zero-order valence-electron chi connectivity index (χ0n) is 12.7. The van der Waals surface area contributed by atoms with Crippen LogP contribution in [0.25, 0.3) is 0 Å². The SMILES string of the molecule is CCC1CN(Cc2c(C)nn(C)c2Cl)C(C2CC2)CN1. The number of nitrogens with zero attached hydrogens (tertiary/aromatic N) is 3. The van der Waals surface area contributed by atoms with Crippen LogP contribution >= 0.6 is 11.6 Å². The largest absolute Gasteiger partial charge is 0.311 e. The molecule has 1 saturated carbocycles. The van der Waals surface area contributed by atoms with Gasteiger partial charge in [-0.25, -0.2) is 0 Å². The molecule has 1 aromatic rings. The fourth-order valence-electron chi connectivity index (χ4n) is 3.36. The Hall–Kier alpha value is -0.580. The number of piperazine rings is 1. The number of rotatable bonds is 4. The topological polar surface area (TPSA) is 33.1 Å². The molecule has 112 valence electrons. The van der Waals surface area contributed by atoms with Crippen LogP contribution in [0.3, 0.4) is 0 Å². The average Bonchev–Trinajstić information content (AvgIpc) is 3.24. The highest BCUT2D eigenvalue weighted by molar-refractivity contribution is 6.30. The van der Waals surface area contributed by atoms with Gasteiger partial charge in [0.25, 0.3) is 0 Å². The summed E-state index contributed by atoms with van der Waals surface area (Å²) in [6, 6.07) is 1.29. The first kappa shape index (κ1) is 14.4. The number of nitrogens with one attached hydrogen (secondary N) is 1. The fraction of sp³-hybridized carbons (Fsp3) is 0.800. The molecule has 2 aliphatic rings. The molecule has 1 saturated heterocycles. The first-order chi connectivity index (χ1) is 9.60. The Morgan fingerprint density at radius 2 is 2.15 bits per heavy atom. The Balaban J connectivity index is 1.78. The average molecular weight is 297 g/mol. The third kappa shape index (κ3) is 2.74. The molecular formula is C15H25ClN4. The Bertz CT molecular complexity index is 480. The van der Waals surface area contributed by atoms with Crippen molar-refractivity contribution in [1.82, 2.24) is 20.0 Å². The molecule has 20 heavy (non-hydrogen) atoms. The van der Waals surface area contributed by atoms with Crippen LogP contribution in [0.15, 0.2) is 0 Å². The zero-order chi connectivity index (χ0) is 14.3. The molecule has 0 amide bonds. The first-order valence-electron chi connectivity index (χ1n) is 7.75. The highest BCUT2D eigenvalue weighted by atomic mass is 35.5. The number of hydrogen-bond donors (Lipinski definition) is 1. The van der Waals surface area contributed by atoms with Crippen molar-refractivity contribution in [2.75, 3.05) is 13.1 Å². The maximum atomic E-state index is 6.40. The summed E-state index contributed by atoms with van der Waals surface area (Å²) in [5, 5.41) is 8.93. The van der Waals surface area contributed by atoms with E-state index < -0.39 is 0 Å². The lowest BCUT2D eigenvalue weighted by Gasteiger charge is -2.40. The molecule has 1 aromatic heterocycles. The summed E-state index contributed by atoms with van der Waals surface area (Å²) in [5.74, 6) is 0.885. The van der Waals surface area contributed by atoms with E-state index in [2.05, 4.69) is 29.2 Å². The van der Waals surface area contributed by atoms with E-state index in [1.54, 1.807) is 4.68 Å². The first-order valence-corrected chi connectivity index (χ1v) is 8.13. The molecule has 2 atom stereocenters. The second kappa shape index (κ2) is 5.66. The van der Waals surface area contributed by atoms with E-state index in [1.165, 1.54) is 24.8 Å². The van der Waals surface area contributed by atoms with Gasteiger partial charge >= 0.3 is 0 Å². The third-order valence-electron chi connectivity index (χ3n) is 4.83. The summed E-state index contributed by atoms with van der Waals surface area (Å²) in [5.41, 5.74) is 2.27. The maximum absolute atomic E-state index is 6.40. The van der Waals surface area contributed by atoms with Crippen LogP contribution in [0.5, 0.6) is 0 Å². The van der Waals surface area contributed by atoms with E-state index in [0.717, 1.165) is 36.4 Å². The van der Waals surface area contributed by atoms with Crippen LogP contribution in [0.2, 0.25) is 5.15 Å². The number of hydrogen-bond acceptors (Lipinski definition) is 3. The van der Waals surface area contributed by atoms with E-state index in [9.17, 15) is 0 Å². The number of halogens is 1. The van der Waals surface area contributed by atoms with Crippen molar-refractivity contribution in [3.05, 3.63) is 16.4 Å². The highest BCUT2D eigenvalue weighted by Gasteiger charge is 2.38. The van der Waals surface area contributed by atoms with Gasteiger partial charge in [0.05, 0.1) is 5.69 Å². The molecule has 2 fully saturated rings. The molecule has 2 heterocycles. The molecule has 0 aromatic carbocycles. The van der Waals surface area contributed by atoms with Gasteiger partial charge in [0.2, 0.25) is 0 Å². The second-order valence-electron chi connectivity index (χ2n) is 6.33. The Morgan fingerprint density at radius 3 is 2.70 bits per heavy atom. The highest BCUT2D eigenvalue weighted by Crippen LogP contribution is 2.37. The molecule has 1 N–H and O–H groups in total. The van der Waals surface area contributed by atoms with Gasteiger partial charge < -0.3 is 5.32 Å². The molecule has 1 aliphatic carbocycles. The molecule has 1 aliphatic heterocycles. The van der Waals surface area contributed by atoms with E-state index in [-0.39, 0.29) is 0 Å². The third-order valence-corrected chi connectivity index (χ3v) is 5.30. The summed E-state index contributed by atoms with van der Waals surface area (Å²) in [6.07, 6.45) is 3.96. The van der Waals surface area contributed by atoms with Gasteiger partial charge in [-0.3, -0.25) is 9.58 Å². The zero-order valence-corrected chi connectivity index (χ0v) is 13.5. The van der Waals surface area contributed by atoms with Crippen molar-refractivity contribution < 1.29 is 0 Å². The van der Waals surface area contributed by atoms with Crippen molar-refractivity contribution in [3.63, 3.8) is 0 Å². The summed E-state index contributed by atoms with van der Waals surface area (Å²) in [7, 11) is 1.92. The molecule has 4 nitrogen and oxygen atoms in total. The minimum atomic E-state index is 0.612. The fourth-order valence-corrected chi connectivity index (χ4v) is 3.59. The molecule has 5 heteroatoms. The predicted molar refractivity (Wildman–Crippen MR) is 82.0 cm³/mol. The smallest absolute Gasteiger partial charge is 0.131 e. The van der Waals surface area contributed by atoms with Crippen LogP contribution in [0.4, 0.5) is 0 Å². The molecule has 3 rings (SSSR count). The van der Waals surface area contributed by atoms with Crippen molar-refractivity contribution in [3.8, 4) is 0 Å². The molecule has 0 bridgehead atoms. The van der Waals surface area contributed by atoms with Gasteiger partial charge in [-0.2, -0.15) is 5.10 Å². The van der Waals surface area contributed by atoms with Crippen LogP contribution in [-0.4, -0.2) is 39.9 Å². The molecular weight excluding hydrogens is 272 g/mol. The summed E-state index contributed by atoms with van der Waals surface area (Å²) in [4.78, 5) is 2.64. The van der Waals surface area contributed by atoms with E-state index in [4.69, 9.17) is 11.6 Å². The predicted octanol–water partition coefficient (Wildman–Crippen LogP) is 2.34. The Kier molecular flexibility index (Phi) is 4.07. The maximum Gasteiger partial charge on any atom is 0.131 e. The summed E-state index contributed by atoms with van der Waals surface area (Å²) >= 11 is 6.40. The molecule has 2 unspecified atom stereocenters. The van der Waals surface area contributed by atoms with Crippen LogP contribution in [0.1, 0.15) is 37.4 Å². The van der Waals surface area contributed by atoms with Gasteiger partial charge in [0.15, 0.2) is 0 Å². The summed E-state index contributed by atoms with van der Waals surface area (Å²) < 4.78 is 1.79. The lowest BCUT2D eigenvalue weighted by molar-refractivity contribution is 0.106. The Morgan fingerprint density at radius 1 is 1.40 bits per heavy atom. The van der Waals surface area contributed by atoms with Gasteiger partial charge in [0.1, 0.15) is 5.15 Å². The molecule has 0 radical (unpaired) electrons. The Labute approximate surface area is 126 Å². The second-order valence-corrected chi connectivity index (χ2v) is 6.68. The van der Waals surface area contributed by atoms with Gasteiger partial charge in [-0.05, 0) is 32.1 Å². The van der Waals surface area contributed by atoms with Crippen LogP contribution in [0, 0.1) is 12.8 Å². The van der Waals surface area contributed by atoms with Gasteiger partial charge in [0, 0.05) is 44.3 Å². The number of aromatic nitrogens is 2. The van der Waals surface area contributed by atoms with Crippen molar-refractivity contribution in [2.24, 2.45) is 13.0 Å². The van der Waals surface area contributed by atoms with E-state index >= 15 is 0 Å². The summed E-state index contributed by atoms with van der Waals surface area (Å²) in [6.45, 7) is 7.52. The van der Waals surface area contributed by atoms with Crippen molar-refractivity contribution in [2.45, 2.75) is 51.7 Å². The van der Waals surface area contributed by atoms with Crippen molar-refractivity contribution in [1.29, 1.82) is 0 Å². The quantitative estimate of drug-likeness (QED) is 0.926. The molecule has 0 spiro atoms. The lowest BCUT2D eigenvalue weighted by atomic mass is 10.0. The minimum absolute atomic E-state index is 0.612. The van der Waals surface area contributed by atoms with Gasteiger partial charge in [-0.1, -0.05) is 18.5 Å².